The molecule has 20 heavy (non-hydrogen) atoms. The molecule has 1 aromatic carbocycles. The van der Waals surface area contributed by atoms with E-state index in [0.717, 1.165) is 6.08 Å². The summed E-state index contributed by atoms with van der Waals surface area (Å²) in [5.41, 5.74) is 0.252. The molecular formula is C14H15BrFNO3. The van der Waals surface area contributed by atoms with Gasteiger partial charge in [0.2, 0.25) is 0 Å². The van der Waals surface area contributed by atoms with Gasteiger partial charge in [-0.3, -0.25) is 4.79 Å². The Labute approximate surface area is 125 Å². The summed E-state index contributed by atoms with van der Waals surface area (Å²) in [5.74, 6) is -1.53. The number of nitrogens with one attached hydrogen (secondary N) is 1. The average Bonchev–Trinajstić information content (AvgIpc) is 2.40. The van der Waals surface area contributed by atoms with E-state index < -0.39 is 17.9 Å². The third kappa shape index (κ3) is 5.13. The fourth-order valence-electron chi connectivity index (χ4n) is 1.39. The van der Waals surface area contributed by atoms with E-state index in [0.29, 0.717) is 11.0 Å². The number of esters is 1. The first-order valence-electron chi connectivity index (χ1n) is 6.05. The molecule has 0 aromatic heterocycles. The van der Waals surface area contributed by atoms with Crippen LogP contribution in [0.3, 0.4) is 0 Å². The van der Waals surface area contributed by atoms with Crippen molar-refractivity contribution in [2.45, 2.75) is 20.0 Å². The second kappa shape index (κ2) is 7.79. The smallest absolute Gasteiger partial charge is 0.331 e. The molecule has 0 unspecified atom stereocenters. The molecule has 1 N–H and O–H groups in total. The van der Waals surface area contributed by atoms with Crippen molar-refractivity contribution in [3.8, 4) is 0 Å². The Balaban J connectivity index is 2.64. The molecule has 108 valence electrons. The molecule has 0 heterocycles. The molecule has 0 aliphatic carbocycles. The second-order valence-electron chi connectivity index (χ2n) is 3.97. The van der Waals surface area contributed by atoms with Crippen LogP contribution >= 0.6 is 15.9 Å². The number of carbonyl (C=O) groups excluding carboxylic acids is 2. The molecule has 1 atom stereocenters. The van der Waals surface area contributed by atoms with E-state index in [1.807, 2.05) is 0 Å². The molecule has 6 heteroatoms. The summed E-state index contributed by atoms with van der Waals surface area (Å²) in [6.45, 7) is 3.69. The number of hydrogen-bond acceptors (Lipinski definition) is 3. The van der Waals surface area contributed by atoms with Crippen molar-refractivity contribution in [2.75, 3.05) is 6.54 Å². The minimum Gasteiger partial charge on any atom is -0.449 e. The fourth-order valence-corrected chi connectivity index (χ4v) is 1.76. The van der Waals surface area contributed by atoms with Gasteiger partial charge in [-0.2, -0.15) is 0 Å². The van der Waals surface area contributed by atoms with E-state index >= 15 is 0 Å². The van der Waals surface area contributed by atoms with Gasteiger partial charge in [-0.1, -0.05) is 15.9 Å². The zero-order valence-corrected chi connectivity index (χ0v) is 12.7. The summed E-state index contributed by atoms with van der Waals surface area (Å²) in [4.78, 5) is 22.9. The second-order valence-corrected chi connectivity index (χ2v) is 4.89. The standard InChI is InChI=1S/C14H15BrFNO3/c1-3-17-14(19)9(2)20-13(18)7-4-10-8-11(15)5-6-12(10)16/h4-9H,3H2,1-2H3,(H,17,19)/b7-4+/t9-/m1/s1. The van der Waals surface area contributed by atoms with Gasteiger partial charge in [0.05, 0.1) is 0 Å². The lowest BCUT2D eigenvalue weighted by Crippen LogP contribution is -2.35. The van der Waals surface area contributed by atoms with E-state index in [1.54, 1.807) is 13.0 Å². The number of ether oxygens (including phenoxy) is 1. The highest BCUT2D eigenvalue weighted by Crippen LogP contribution is 2.16. The molecule has 0 saturated carbocycles. The highest BCUT2D eigenvalue weighted by molar-refractivity contribution is 9.10. The molecule has 0 radical (unpaired) electrons. The van der Waals surface area contributed by atoms with Gasteiger partial charge in [0.1, 0.15) is 5.82 Å². The zero-order valence-electron chi connectivity index (χ0n) is 11.2. The van der Waals surface area contributed by atoms with Gasteiger partial charge in [0, 0.05) is 22.7 Å². The monoisotopic (exact) mass is 343 g/mol. The van der Waals surface area contributed by atoms with Crippen LogP contribution in [0.2, 0.25) is 0 Å². The molecule has 0 bridgehead atoms. The van der Waals surface area contributed by atoms with Gasteiger partial charge in [0.15, 0.2) is 6.10 Å². The Morgan fingerprint density at radius 1 is 1.50 bits per heavy atom. The molecule has 1 aromatic rings. The minimum atomic E-state index is -0.889. The number of benzene rings is 1. The number of halogens is 2. The maximum absolute atomic E-state index is 13.4. The minimum absolute atomic E-state index is 0.252. The van der Waals surface area contributed by atoms with Crippen LogP contribution < -0.4 is 5.32 Å². The molecule has 0 aliphatic heterocycles. The molecule has 1 amide bonds. The van der Waals surface area contributed by atoms with Crippen molar-refractivity contribution in [1.29, 1.82) is 0 Å². The Bertz CT molecular complexity index is 531. The number of hydrogen-bond donors (Lipinski definition) is 1. The third-order valence-corrected chi connectivity index (χ3v) is 2.86. The third-order valence-electron chi connectivity index (χ3n) is 2.37. The lowest BCUT2D eigenvalue weighted by Gasteiger charge is -2.10. The van der Waals surface area contributed by atoms with E-state index in [4.69, 9.17) is 4.74 Å². The first-order chi connectivity index (χ1) is 9.43. The molecule has 0 aliphatic rings. The maximum atomic E-state index is 13.4. The average molecular weight is 344 g/mol. The predicted octanol–water partition coefficient (Wildman–Crippen LogP) is 2.67. The van der Waals surface area contributed by atoms with Crippen LogP contribution in [0.5, 0.6) is 0 Å². The first-order valence-corrected chi connectivity index (χ1v) is 6.84. The van der Waals surface area contributed by atoms with Crippen LogP contribution in [-0.4, -0.2) is 24.5 Å². The highest BCUT2D eigenvalue weighted by Gasteiger charge is 2.15. The Morgan fingerprint density at radius 3 is 2.85 bits per heavy atom. The fraction of sp³-hybridized carbons (Fsp3) is 0.286. The number of carbonyl (C=O) groups is 2. The zero-order chi connectivity index (χ0) is 15.1. The molecule has 0 spiro atoms. The summed E-state index contributed by atoms with van der Waals surface area (Å²) in [6, 6.07) is 4.38. The van der Waals surface area contributed by atoms with Crippen molar-refractivity contribution < 1.29 is 18.7 Å². The number of amides is 1. The SMILES string of the molecule is CCNC(=O)[C@@H](C)OC(=O)/C=C/c1cc(Br)ccc1F. The van der Waals surface area contributed by atoms with E-state index in [1.165, 1.54) is 25.1 Å². The van der Waals surface area contributed by atoms with Crippen LogP contribution in [0.1, 0.15) is 19.4 Å². The normalized spacial score (nSPS) is 12.2. The summed E-state index contributed by atoms with van der Waals surface area (Å²) >= 11 is 3.21. The van der Waals surface area contributed by atoms with Gasteiger partial charge in [0.25, 0.3) is 5.91 Å². The molecule has 0 saturated heterocycles. The lowest BCUT2D eigenvalue weighted by molar-refractivity contribution is -0.150. The van der Waals surface area contributed by atoms with E-state index in [-0.39, 0.29) is 11.5 Å². The molecule has 4 nitrogen and oxygen atoms in total. The summed E-state index contributed by atoms with van der Waals surface area (Å²) in [5, 5.41) is 2.53. The van der Waals surface area contributed by atoms with Crippen molar-refractivity contribution in [3.63, 3.8) is 0 Å². The molecular weight excluding hydrogens is 329 g/mol. The number of rotatable bonds is 5. The van der Waals surface area contributed by atoms with Crippen LogP contribution in [0, 0.1) is 5.82 Å². The predicted molar refractivity (Wildman–Crippen MR) is 77.4 cm³/mol. The van der Waals surface area contributed by atoms with Gasteiger partial charge >= 0.3 is 5.97 Å². The largest absolute Gasteiger partial charge is 0.449 e. The lowest BCUT2D eigenvalue weighted by atomic mass is 10.2. The quantitative estimate of drug-likeness (QED) is 0.660. The van der Waals surface area contributed by atoms with Crippen LogP contribution in [0.4, 0.5) is 4.39 Å². The maximum Gasteiger partial charge on any atom is 0.331 e. The van der Waals surface area contributed by atoms with Gasteiger partial charge < -0.3 is 10.1 Å². The molecule has 1 rings (SSSR count). The first kappa shape index (κ1) is 16.4. The summed E-state index contributed by atoms with van der Waals surface area (Å²) < 4.78 is 19.0. The summed E-state index contributed by atoms with van der Waals surface area (Å²) in [7, 11) is 0. The topological polar surface area (TPSA) is 55.4 Å². The molecule has 0 fully saturated rings. The summed E-state index contributed by atoms with van der Waals surface area (Å²) in [6.07, 6.45) is 1.49. The van der Waals surface area contributed by atoms with Crippen molar-refractivity contribution in [2.24, 2.45) is 0 Å². The van der Waals surface area contributed by atoms with E-state index in [9.17, 15) is 14.0 Å². The highest BCUT2D eigenvalue weighted by atomic mass is 79.9. The van der Waals surface area contributed by atoms with Crippen molar-refractivity contribution in [1.82, 2.24) is 5.32 Å². The Hall–Kier alpha value is -1.69. The van der Waals surface area contributed by atoms with Crippen LogP contribution in [0.25, 0.3) is 6.08 Å². The van der Waals surface area contributed by atoms with Crippen LogP contribution in [0.15, 0.2) is 28.7 Å². The van der Waals surface area contributed by atoms with Crippen LogP contribution in [-0.2, 0) is 14.3 Å². The Morgan fingerprint density at radius 2 is 2.20 bits per heavy atom. The number of likely N-dealkylation sites (N-methyl/N-ethyl adjacent to an activating group) is 1. The van der Waals surface area contributed by atoms with E-state index in [2.05, 4.69) is 21.2 Å². The van der Waals surface area contributed by atoms with Gasteiger partial charge in [-0.05, 0) is 38.1 Å². The van der Waals surface area contributed by atoms with Gasteiger partial charge in [-0.25, -0.2) is 9.18 Å². The van der Waals surface area contributed by atoms with Gasteiger partial charge in [-0.15, -0.1) is 0 Å². The Kier molecular flexibility index (Phi) is 6.38. The van der Waals surface area contributed by atoms with Crippen molar-refractivity contribution in [3.05, 3.63) is 40.1 Å². The van der Waals surface area contributed by atoms with Crippen molar-refractivity contribution >= 4 is 33.9 Å².